The van der Waals surface area contributed by atoms with Crippen molar-refractivity contribution in [2.24, 2.45) is 50.2 Å². The number of fused-ring (bicyclic) bond motifs is 5. The monoisotopic (exact) mass is 960 g/mol. The Morgan fingerprint density at radius 2 is 1.22 bits per heavy atom. The summed E-state index contributed by atoms with van der Waals surface area (Å²) >= 11 is 0. The number of aliphatic hydroxyl groups is 12. The minimum absolute atomic E-state index is 0.0924. The van der Waals surface area contributed by atoms with E-state index < -0.39 is 151 Å². The molecule has 20 nitrogen and oxygen atoms in total. The first-order valence-electron chi connectivity index (χ1n) is 24.4. The van der Waals surface area contributed by atoms with Gasteiger partial charge in [0.2, 0.25) is 0 Å². The van der Waals surface area contributed by atoms with Crippen molar-refractivity contribution >= 4 is 6.29 Å². The van der Waals surface area contributed by atoms with Gasteiger partial charge < -0.3 is 99.2 Å². The summed E-state index contributed by atoms with van der Waals surface area (Å²) in [4.78, 5) is 12.6. The molecule has 12 N–H and O–H groups in total. The van der Waals surface area contributed by atoms with Crippen molar-refractivity contribution in [1.29, 1.82) is 0 Å². The fourth-order valence-corrected chi connectivity index (χ4v) is 16.0. The maximum atomic E-state index is 12.6. The Morgan fingerprint density at radius 3 is 1.81 bits per heavy atom. The minimum Gasteiger partial charge on any atom is -0.396 e. The van der Waals surface area contributed by atoms with E-state index in [9.17, 15) is 66.1 Å². The lowest BCUT2D eigenvalue weighted by molar-refractivity contribution is -0.383. The second-order valence-electron chi connectivity index (χ2n) is 23.6. The van der Waals surface area contributed by atoms with Gasteiger partial charge in [0.15, 0.2) is 18.9 Å². The van der Waals surface area contributed by atoms with Crippen LogP contribution in [-0.2, 0) is 38.0 Å². The van der Waals surface area contributed by atoms with Crippen LogP contribution in [0.5, 0.6) is 0 Å². The molecule has 9 aliphatic rings. The summed E-state index contributed by atoms with van der Waals surface area (Å²) in [6, 6.07) is 0. The lowest BCUT2D eigenvalue weighted by Crippen LogP contribution is -2.74. The second kappa shape index (κ2) is 17.3. The Hall–Kier alpha value is -1.09. The molecular formula is C47H76O20. The average molecular weight is 961 g/mol. The van der Waals surface area contributed by atoms with Gasteiger partial charge in [0.05, 0.1) is 50.8 Å². The summed E-state index contributed by atoms with van der Waals surface area (Å²) in [7, 11) is 0. The highest BCUT2D eigenvalue weighted by molar-refractivity contribution is 5.60. The minimum atomic E-state index is -1.88. The summed E-state index contributed by atoms with van der Waals surface area (Å²) < 4.78 is 43.3. The van der Waals surface area contributed by atoms with Crippen LogP contribution in [0.3, 0.4) is 0 Å². The summed E-state index contributed by atoms with van der Waals surface area (Å²) in [5.41, 5.74) is -4.28. The van der Waals surface area contributed by atoms with E-state index in [1.54, 1.807) is 0 Å². The molecule has 384 valence electrons. The zero-order valence-electron chi connectivity index (χ0n) is 39.3. The van der Waals surface area contributed by atoms with E-state index >= 15 is 0 Å². The Balaban J connectivity index is 0.980. The third kappa shape index (κ3) is 7.12. The number of hydrogen-bond donors (Lipinski definition) is 12. The van der Waals surface area contributed by atoms with Gasteiger partial charge in [-0.3, -0.25) is 0 Å². The fourth-order valence-electron chi connectivity index (χ4n) is 16.0. The van der Waals surface area contributed by atoms with Crippen LogP contribution in [-0.4, -0.2) is 210 Å². The van der Waals surface area contributed by atoms with Crippen molar-refractivity contribution in [2.45, 2.75) is 209 Å². The molecular weight excluding hydrogens is 884 g/mol. The van der Waals surface area contributed by atoms with Crippen molar-refractivity contribution in [2.75, 3.05) is 26.4 Å². The van der Waals surface area contributed by atoms with Gasteiger partial charge in [0.1, 0.15) is 79.0 Å². The largest absolute Gasteiger partial charge is 0.396 e. The number of epoxide rings is 1. The van der Waals surface area contributed by atoms with Gasteiger partial charge in [0, 0.05) is 27.6 Å². The van der Waals surface area contributed by atoms with E-state index in [2.05, 4.69) is 20.8 Å². The predicted molar refractivity (Wildman–Crippen MR) is 227 cm³/mol. The molecule has 0 unspecified atom stereocenters. The van der Waals surface area contributed by atoms with Crippen molar-refractivity contribution in [3.63, 3.8) is 0 Å². The summed E-state index contributed by atoms with van der Waals surface area (Å²) in [5.74, 6) is -0.173. The molecule has 9 rings (SSSR count). The Bertz CT molecular complexity index is 1830. The molecule has 67 heavy (non-hydrogen) atoms. The Kier molecular flexibility index (Phi) is 13.1. The Labute approximate surface area is 390 Å². The summed E-state index contributed by atoms with van der Waals surface area (Å²) in [6.07, 6.45) is -20.1. The number of carbonyl (C=O) groups is 1. The van der Waals surface area contributed by atoms with Crippen molar-refractivity contribution < 1.29 is 99.2 Å². The quantitative estimate of drug-likeness (QED) is 0.0616. The topological polar surface area (TPSA) is 328 Å². The molecule has 9 fully saturated rings. The van der Waals surface area contributed by atoms with Gasteiger partial charge in [-0.1, -0.05) is 41.5 Å². The van der Waals surface area contributed by atoms with Crippen molar-refractivity contribution in [1.82, 2.24) is 0 Å². The maximum absolute atomic E-state index is 12.6. The van der Waals surface area contributed by atoms with Gasteiger partial charge in [-0.25, -0.2) is 0 Å². The molecule has 0 bridgehead atoms. The first kappa shape index (κ1) is 50.8. The maximum Gasteiger partial charge on any atom is 0.187 e. The molecule has 4 heterocycles. The predicted octanol–water partition coefficient (Wildman–Crippen LogP) is -2.42. The van der Waals surface area contributed by atoms with Crippen LogP contribution >= 0.6 is 0 Å². The number of ether oxygens (including phenoxy) is 7. The number of aldehydes is 1. The van der Waals surface area contributed by atoms with Gasteiger partial charge in [-0.05, 0) is 74.0 Å². The van der Waals surface area contributed by atoms with E-state index in [1.165, 1.54) is 0 Å². The number of rotatable bonds is 10. The standard InChI is InChI=1S/C47H76O20/c1-41(18-50)12-25-43(3,13-26(41)52)27(53)14-46(6)45(5)10-7-23-42(2,24(45)11-29-47(25,46)67-29)9-8-28(44(23,4)19-51)65-40-37(66-39-36(60)34(58)31(55)21(16-49)63-39)32(56)22(17-61-40)64-38-35(59)33(57)30(54)20(15-48)62-38/h18,20-40,48-49,51-60H,7-17,19H2,1-6H3/t20-,21-,22+,23-,24-,25-,26+,27+,28+,29-,30-,31-,32+,33+,34+,35-,36-,37-,38+,39+,40+,41+,42+,43+,44+,45-,46+,47-/m1/s1. The highest BCUT2D eigenvalue weighted by Gasteiger charge is 2.86. The Morgan fingerprint density at radius 1 is 0.612 bits per heavy atom. The van der Waals surface area contributed by atoms with Gasteiger partial charge in [-0.15, -0.1) is 0 Å². The van der Waals surface area contributed by atoms with Gasteiger partial charge >= 0.3 is 0 Å². The SMILES string of the molecule is C[C@]1(CO)[C@@H]2CC[C@]3(C)[C@H](C[C@H]4O[C@]45[C@@H]4C[C@@](C)(C=O)[C@@H](O)C[C@]4(C)[C@@H](O)C[C@]53C)[C@@]2(C)CC[C@@H]1O[C@@H]1OC[C@H](O[C@@H]2O[C@H](CO)[C@@H](O)[C@H](O)[C@H]2O)[C@H](O)[C@H]1O[C@@H]1O[C@H](CO)[C@@H](O)[C@H](O)[C@H]1O. The van der Waals surface area contributed by atoms with Crippen molar-refractivity contribution in [3.8, 4) is 0 Å². The molecule has 4 saturated heterocycles. The molecule has 0 aromatic heterocycles. The highest BCUT2D eigenvalue weighted by Crippen LogP contribution is 2.83. The number of carbonyl (C=O) groups excluding carboxylic acids is 1. The first-order chi connectivity index (χ1) is 31.4. The molecule has 28 atom stereocenters. The molecule has 5 aliphatic carbocycles. The van der Waals surface area contributed by atoms with Crippen LogP contribution in [0.1, 0.15) is 92.9 Å². The molecule has 0 amide bonds. The van der Waals surface area contributed by atoms with E-state index in [1.807, 2.05) is 20.8 Å². The van der Waals surface area contributed by atoms with Crippen LogP contribution in [0.4, 0.5) is 0 Å². The third-order valence-corrected chi connectivity index (χ3v) is 20.5. The van der Waals surface area contributed by atoms with Crippen LogP contribution in [0, 0.1) is 50.2 Å². The zero-order chi connectivity index (χ0) is 48.8. The lowest BCUT2D eigenvalue weighted by atomic mass is 9.31. The highest BCUT2D eigenvalue weighted by atomic mass is 16.8. The van der Waals surface area contributed by atoms with E-state index in [0.717, 1.165) is 19.1 Å². The zero-order valence-corrected chi connectivity index (χ0v) is 39.3. The average Bonchev–Trinajstić information content (AvgIpc) is 4.04. The molecule has 5 saturated carbocycles. The number of hydrogen-bond acceptors (Lipinski definition) is 20. The first-order valence-corrected chi connectivity index (χ1v) is 24.4. The van der Waals surface area contributed by atoms with Crippen LogP contribution in [0.25, 0.3) is 0 Å². The second-order valence-corrected chi connectivity index (χ2v) is 23.6. The van der Waals surface area contributed by atoms with Crippen LogP contribution in [0.15, 0.2) is 0 Å². The molecule has 0 aromatic carbocycles. The molecule has 4 aliphatic heterocycles. The molecule has 1 spiro atoms. The van der Waals surface area contributed by atoms with Gasteiger partial charge in [0.25, 0.3) is 0 Å². The van der Waals surface area contributed by atoms with Gasteiger partial charge in [-0.2, -0.15) is 0 Å². The summed E-state index contributed by atoms with van der Waals surface area (Å²) in [5, 5.41) is 130. The van der Waals surface area contributed by atoms with E-state index in [4.69, 9.17) is 33.2 Å². The summed E-state index contributed by atoms with van der Waals surface area (Å²) in [6.45, 7) is 10.6. The van der Waals surface area contributed by atoms with Crippen molar-refractivity contribution in [3.05, 3.63) is 0 Å². The molecule has 0 radical (unpaired) electrons. The number of aliphatic hydroxyl groups excluding tert-OH is 12. The third-order valence-electron chi connectivity index (χ3n) is 20.5. The van der Waals surface area contributed by atoms with E-state index in [-0.39, 0.29) is 41.3 Å². The fraction of sp³-hybridized carbons (Fsp3) is 0.979. The van der Waals surface area contributed by atoms with E-state index in [0.29, 0.717) is 38.5 Å². The smallest absolute Gasteiger partial charge is 0.187 e. The normalized spacial score (nSPS) is 60.6. The van der Waals surface area contributed by atoms with Crippen LogP contribution < -0.4 is 0 Å². The van der Waals surface area contributed by atoms with Crippen LogP contribution in [0.2, 0.25) is 0 Å². The molecule has 20 heteroatoms. The lowest BCUT2D eigenvalue weighted by Gasteiger charge is -2.73. The molecule has 0 aromatic rings.